The normalized spacial score (nSPS) is 9.50. The molecule has 2 heteroatoms. The van der Waals surface area contributed by atoms with Crippen molar-refractivity contribution < 1.29 is 0 Å². The summed E-state index contributed by atoms with van der Waals surface area (Å²) in [6.07, 6.45) is 4.26. The van der Waals surface area contributed by atoms with Crippen LogP contribution in [-0.4, -0.2) is 0 Å². The first-order chi connectivity index (χ1) is 2.91. The quantitative estimate of drug-likeness (QED) is 0.496. The zero-order valence-corrected chi connectivity index (χ0v) is 3.81. The highest BCUT2D eigenvalue weighted by atomic mass is 14.9. The maximum atomic E-state index is 6.24. The van der Waals surface area contributed by atoms with E-state index in [0.29, 0.717) is 0 Å². The highest BCUT2D eigenvalue weighted by molar-refractivity contribution is 4.74. The molecule has 0 aromatic rings. The minimum absolute atomic E-state index is 0.961. The third kappa shape index (κ3) is 3.34. The van der Waals surface area contributed by atoms with E-state index in [2.05, 4.69) is 5.11 Å². The lowest BCUT2D eigenvalue weighted by atomic mass is 10.5. The fourth-order valence-corrected chi connectivity index (χ4v) is 0.158. The third-order valence-electron chi connectivity index (χ3n) is 0.416. The molecule has 0 heterocycles. The predicted octanol–water partition coefficient (Wildman–Crippen LogP) is 1.94. The summed E-state index contributed by atoms with van der Waals surface area (Å²) < 4.78 is 0. The zero-order valence-electron chi connectivity index (χ0n) is 3.81. The van der Waals surface area contributed by atoms with Gasteiger partial charge in [-0.3, -0.25) is 0 Å². The standard InChI is InChI=1S/C4H8N2/c1-2-3-4-6-5/h3-5H,2H2,1H3/b4-3+,6-5?. The topological polar surface area (TPSA) is 36.2 Å². The van der Waals surface area contributed by atoms with Crippen LogP contribution in [0.5, 0.6) is 0 Å². The molecule has 0 aliphatic rings. The average molecular weight is 84.1 g/mol. The Kier molecular flexibility index (Phi) is 3.86. The Morgan fingerprint density at radius 2 is 2.50 bits per heavy atom. The summed E-state index contributed by atoms with van der Waals surface area (Å²) in [5.41, 5.74) is 6.24. The second-order valence-corrected chi connectivity index (χ2v) is 0.922. The van der Waals surface area contributed by atoms with Crippen LogP contribution in [0.2, 0.25) is 0 Å². The van der Waals surface area contributed by atoms with Crippen LogP contribution in [0.4, 0.5) is 0 Å². The van der Waals surface area contributed by atoms with Gasteiger partial charge < -0.3 is 0 Å². The van der Waals surface area contributed by atoms with Gasteiger partial charge in [0.05, 0.1) is 0 Å². The van der Waals surface area contributed by atoms with E-state index in [1.165, 1.54) is 6.20 Å². The second kappa shape index (κ2) is 4.34. The van der Waals surface area contributed by atoms with Crippen LogP contribution in [0, 0.1) is 5.53 Å². The first-order valence-electron chi connectivity index (χ1n) is 1.93. The molecule has 34 valence electrons. The molecule has 0 saturated carbocycles. The highest BCUT2D eigenvalue weighted by Gasteiger charge is 1.56. The Labute approximate surface area is 37.4 Å². The van der Waals surface area contributed by atoms with Crippen LogP contribution in [0.1, 0.15) is 13.3 Å². The number of hydrogen-bond acceptors (Lipinski definition) is 2. The van der Waals surface area contributed by atoms with E-state index in [1.807, 2.05) is 13.0 Å². The maximum Gasteiger partial charge on any atom is 0.0448 e. The molecule has 0 amide bonds. The molecule has 1 N–H and O–H groups in total. The van der Waals surface area contributed by atoms with Crippen LogP contribution in [-0.2, 0) is 0 Å². The smallest absolute Gasteiger partial charge is 0.0448 e. The summed E-state index contributed by atoms with van der Waals surface area (Å²) in [4.78, 5) is 0. The largest absolute Gasteiger partial charge is 0.205 e. The number of rotatable bonds is 2. The molecule has 2 nitrogen and oxygen atoms in total. The summed E-state index contributed by atoms with van der Waals surface area (Å²) >= 11 is 0. The van der Waals surface area contributed by atoms with Gasteiger partial charge in [0.2, 0.25) is 0 Å². The molecule has 0 saturated heterocycles. The van der Waals surface area contributed by atoms with Gasteiger partial charge in [0.25, 0.3) is 0 Å². The average Bonchev–Trinajstić information content (AvgIpc) is 1.61. The highest BCUT2D eigenvalue weighted by Crippen LogP contribution is 1.76. The fourth-order valence-electron chi connectivity index (χ4n) is 0.158. The van der Waals surface area contributed by atoms with E-state index in [0.717, 1.165) is 6.42 Å². The van der Waals surface area contributed by atoms with Crippen molar-refractivity contribution in [2.75, 3.05) is 0 Å². The zero-order chi connectivity index (χ0) is 4.83. The summed E-state index contributed by atoms with van der Waals surface area (Å²) in [6, 6.07) is 0. The van der Waals surface area contributed by atoms with Gasteiger partial charge in [-0.25, -0.2) is 5.53 Å². The molecule has 0 aromatic carbocycles. The van der Waals surface area contributed by atoms with Crippen molar-refractivity contribution in [1.82, 2.24) is 0 Å². The summed E-state index contributed by atoms with van der Waals surface area (Å²) in [5, 5.41) is 2.99. The fraction of sp³-hybridized carbons (Fsp3) is 0.500. The molecular formula is C4H8N2. The van der Waals surface area contributed by atoms with Gasteiger partial charge >= 0.3 is 0 Å². The Morgan fingerprint density at radius 1 is 1.83 bits per heavy atom. The van der Waals surface area contributed by atoms with E-state index in [4.69, 9.17) is 5.53 Å². The number of allylic oxidation sites excluding steroid dienone is 1. The van der Waals surface area contributed by atoms with E-state index in [1.54, 1.807) is 0 Å². The molecule has 0 bridgehead atoms. The number of hydrogen-bond donors (Lipinski definition) is 1. The van der Waals surface area contributed by atoms with E-state index in [-0.39, 0.29) is 0 Å². The Morgan fingerprint density at radius 3 is 2.67 bits per heavy atom. The number of nitrogens with zero attached hydrogens (tertiary/aromatic N) is 1. The van der Waals surface area contributed by atoms with Gasteiger partial charge in [-0.1, -0.05) is 13.0 Å². The van der Waals surface area contributed by atoms with Gasteiger partial charge in [0, 0.05) is 6.20 Å². The molecular weight excluding hydrogens is 76.1 g/mol. The molecule has 0 atom stereocenters. The van der Waals surface area contributed by atoms with Crippen molar-refractivity contribution >= 4 is 0 Å². The minimum atomic E-state index is 0.961. The van der Waals surface area contributed by atoms with Crippen molar-refractivity contribution in [3.05, 3.63) is 12.3 Å². The number of nitrogens with one attached hydrogen (secondary N) is 1. The predicted molar refractivity (Wildman–Crippen MR) is 24.6 cm³/mol. The summed E-state index contributed by atoms with van der Waals surface area (Å²) in [5.74, 6) is 0. The Balaban J connectivity index is 2.94. The lowest BCUT2D eigenvalue weighted by Crippen LogP contribution is -1.46. The first-order valence-corrected chi connectivity index (χ1v) is 1.93. The van der Waals surface area contributed by atoms with E-state index < -0.39 is 0 Å². The Hall–Kier alpha value is -0.660. The molecule has 6 heavy (non-hydrogen) atoms. The van der Waals surface area contributed by atoms with Crippen LogP contribution in [0.15, 0.2) is 17.4 Å². The van der Waals surface area contributed by atoms with Crippen LogP contribution in [0.25, 0.3) is 0 Å². The molecule has 0 aliphatic carbocycles. The monoisotopic (exact) mass is 84.1 g/mol. The van der Waals surface area contributed by atoms with E-state index in [9.17, 15) is 0 Å². The van der Waals surface area contributed by atoms with Crippen LogP contribution in [0.3, 0.4) is 0 Å². The van der Waals surface area contributed by atoms with Crippen molar-refractivity contribution in [1.29, 1.82) is 5.53 Å². The summed E-state index contributed by atoms with van der Waals surface area (Å²) in [6.45, 7) is 2.00. The Bertz CT molecular complexity index is 56.6. The van der Waals surface area contributed by atoms with Crippen molar-refractivity contribution in [3.63, 3.8) is 0 Å². The molecule has 0 rings (SSSR count). The third-order valence-corrected chi connectivity index (χ3v) is 0.416. The molecule has 0 fully saturated rings. The molecule has 0 aromatic heterocycles. The molecule has 0 unspecified atom stereocenters. The molecule has 0 radical (unpaired) electrons. The second-order valence-electron chi connectivity index (χ2n) is 0.922. The minimum Gasteiger partial charge on any atom is -0.205 e. The van der Waals surface area contributed by atoms with Crippen molar-refractivity contribution in [2.24, 2.45) is 5.11 Å². The van der Waals surface area contributed by atoms with Gasteiger partial charge in [0.1, 0.15) is 0 Å². The van der Waals surface area contributed by atoms with Crippen molar-refractivity contribution in [3.8, 4) is 0 Å². The van der Waals surface area contributed by atoms with Crippen LogP contribution >= 0.6 is 0 Å². The first kappa shape index (κ1) is 5.34. The molecule has 0 aliphatic heterocycles. The summed E-state index contributed by atoms with van der Waals surface area (Å²) in [7, 11) is 0. The van der Waals surface area contributed by atoms with Gasteiger partial charge in [-0.15, -0.1) is 0 Å². The van der Waals surface area contributed by atoms with Gasteiger partial charge in [0.15, 0.2) is 0 Å². The maximum absolute atomic E-state index is 6.24. The van der Waals surface area contributed by atoms with Crippen molar-refractivity contribution in [2.45, 2.75) is 13.3 Å². The lowest BCUT2D eigenvalue weighted by Gasteiger charge is -1.66. The van der Waals surface area contributed by atoms with E-state index >= 15 is 0 Å². The molecule has 0 spiro atoms. The van der Waals surface area contributed by atoms with Gasteiger partial charge in [-0.05, 0) is 6.42 Å². The SMILES string of the molecule is CC/C=C/N=N. The van der Waals surface area contributed by atoms with Gasteiger partial charge in [-0.2, -0.15) is 5.11 Å². The van der Waals surface area contributed by atoms with Crippen LogP contribution < -0.4 is 0 Å². The lowest BCUT2D eigenvalue weighted by molar-refractivity contribution is 1.11.